The molecule has 0 fully saturated rings. The van der Waals surface area contributed by atoms with Gasteiger partial charge in [0.25, 0.3) is 0 Å². The maximum Gasteiger partial charge on any atom is 0.171 e. The van der Waals surface area contributed by atoms with E-state index in [1.165, 1.54) is 33.4 Å². The van der Waals surface area contributed by atoms with E-state index in [2.05, 4.69) is 150 Å². The molecule has 6 atom stereocenters. The highest BCUT2D eigenvalue weighted by Crippen LogP contribution is 2.75. The largest absolute Gasteiger partial charge is 0.456 e. The molecule has 4 heteroatoms. The molecule has 8 aromatic carbocycles. The fourth-order valence-corrected chi connectivity index (χ4v) is 14.7. The lowest BCUT2D eigenvalue weighted by molar-refractivity contribution is 0.0839. The van der Waals surface area contributed by atoms with Crippen molar-refractivity contribution in [1.82, 2.24) is 4.40 Å². The number of ketones is 2. The van der Waals surface area contributed by atoms with Gasteiger partial charge < -0.3 is 8.82 Å². The Kier molecular flexibility index (Phi) is 4.54. The molecule has 60 heavy (non-hydrogen) atoms. The summed E-state index contributed by atoms with van der Waals surface area (Å²) in [7, 11) is 0. The summed E-state index contributed by atoms with van der Waals surface area (Å²) in [6.45, 7) is 0. The van der Waals surface area contributed by atoms with Crippen LogP contribution >= 0.6 is 0 Å². The number of rotatable bonds is 0. The van der Waals surface area contributed by atoms with Crippen molar-refractivity contribution in [1.29, 1.82) is 0 Å². The van der Waals surface area contributed by atoms with Gasteiger partial charge in [-0.1, -0.05) is 115 Å². The lowest BCUT2D eigenvalue weighted by Crippen LogP contribution is -2.61. The Morgan fingerprint density at radius 3 is 1.43 bits per heavy atom. The van der Waals surface area contributed by atoms with Gasteiger partial charge in [-0.15, -0.1) is 0 Å². The van der Waals surface area contributed by atoms with Crippen LogP contribution in [0.25, 0.3) is 60.0 Å². The summed E-state index contributed by atoms with van der Waals surface area (Å²) in [5.41, 5.74) is 18.2. The zero-order chi connectivity index (χ0) is 38.7. The Morgan fingerprint density at radius 2 is 0.867 bits per heavy atom. The molecule has 3 heterocycles. The van der Waals surface area contributed by atoms with Crippen LogP contribution in [-0.4, -0.2) is 16.0 Å². The molecule has 276 valence electrons. The molecule has 0 N–H and O–H groups in total. The molecule has 3 aromatic heterocycles. The minimum Gasteiger partial charge on any atom is -0.456 e. The van der Waals surface area contributed by atoms with Gasteiger partial charge in [0, 0.05) is 66.1 Å². The predicted octanol–water partition coefficient (Wildman–Crippen LogP) is 12.2. The number of nitrogens with zero attached hydrogens (tertiary/aromatic N) is 1. The molecule has 4 nitrogen and oxygen atoms in total. The topological polar surface area (TPSA) is 51.7 Å². The van der Waals surface area contributed by atoms with Gasteiger partial charge in [0.05, 0.1) is 28.4 Å². The molecular formula is C56H29NO3. The van der Waals surface area contributed by atoms with Gasteiger partial charge in [-0.2, -0.15) is 0 Å². The number of aromatic nitrogens is 1. The first-order chi connectivity index (χ1) is 29.6. The third kappa shape index (κ3) is 2.69. The van der Waals surface area contributed by atoms with Crippen molar-refractivity contribution in [2.24, 2.45) is 0 Å². The highest BCUT2D eigenvalue weighted by atomic mass is 16.3. The van der Waals surface area contributed by atoms with Crippen molar-refractivity contribution in [2.75, 3.05) is 0 Å². The second-order valence-corrected chi connectivity index (χ2v) is 18.4. The summed E-state index contributed by atoms with van der Waals surface area (Å²) >= 11 is 0. The van der Waals surface area contributed by atoms with Crippen LogP contribution in [0, 0.1) is 0 Å². The van der Waals surface area contributed by atoms with Gasteiger partial charge >= 0.3 is 0 Å². The van der Waals surface area contributed by atoms with Crippen molar-refractivity contribution in [3.05, 3.63) is 218 Å². The van der Waals surface area contributed by atoms with Crippen LogP contribution in [0.2, 0.25) is 0 Å². The van der Waals surface area contributed by atoms with E-state index in [1.54, 1.807) is 0 Å². The van der Waals surface area contributed by atoms with Gasteiger partial charge in [0.15, 0.2) is 11.6 Å². The number of furan rings is 1. The van der Waals surface area contributed by atoms with E-state index in [0.717, 1.165) is 93.4 Å². The van der Waals surface area contributed by atoms with Gasteiger partial charge in [-0.05, 0) is 92.0 Å². The summed E-state index contributed by atoms with van der Waals surface area (Å²) < 4.78 is 9.13. The summed E-state index contributed by atoms with van der Waals surface area (Å²) in [5, 5.41) is 6.67. The summed E-state index contributed by atoms with van der Waals surface area (Å²) in [6, 6.07) is 54.5. The van der Waals surface area contributed by atoms with Gasteiger partial charge in [0.2, 0.25) is 0 Å². The van der Waals surface area contributed by atoms with Crippen LogP contribution in [0.5, 0.6) is 0 Å². The number of hydrogen-bond donors (Lipinski definition) is 0. The molecule has 0 aliphatic heterocycles. The van der Waals surface area contributed by atoms with Crippen LogP contribution in [0.4, 0.5) is 0 Å². The molecule has 17 rings (SSSR count). The smallest absolute Gasteiger partial charge is 0.171 e. The monoisotopic (exact) mass is 763 g/mol. The minimum atomic E-state index is -0.343. The van der Waals surface area contributed by atoms with Crippen LogP contribution in [0.15, 0.2) is 156 Å². The van der Waals surface area contributed by atoms with E-state index in [0.29, 0.717) is 0 Å². The van der Waals surface area contributed by atoms with Crippen LogP contribution in [0.3, 0.4) is 0 Å². The Balaban J connectivity index is 1.02. The van der Waals surface area contributed by atoms with Crippen molar-refractivity contribution in [2.45, 2.75) is 34.5 Å². The number of hydrogen-bond acceptors (Lipinski definition) is 3. The molecule has 0 saturated heterocycles. The van der Waals surface area contributed by atoms with Gasteiger partial charge in [0.1, 0.15) is 11.2 Å². The summed E-state index contributed by atoms with van der Waals surface area (Å²) in [5.74, 6) is 0.162. The normalized spacial score (nSPS) is 25.5. The fourth-order valence-electron chi connectivity index (χ4n) is 14.7. The zero-order valence-corrected chi connectivity index (χ0v) is 31.9. The molecule has 0 radical (unpaired) electrons. The number of carbonyl (C=O) groups is 2. The summed E-state index contributed by atoms with van der Waals surface area (Å²) in [6.07, 6.45) is 0. The highest BCUT2D eigenvalue weighted by Gasteiger charge is 2.70. The van der Waals surface area contributed by atoms with E-state index in [4.69, 9.17) is 4.42 Å². The molecule has 0 amide bonds. The average Bonchev–Trinajstić information content (AvgIpc) is 3.90. The van der Waals surface area contributed by atoms with Gasteiger partial charge in [-0.3, -0.25) is 9.59 Å². The van der Waals surface area contributed by atoms with Crippen molar-refractivity contribution < 1.29 is 14.0 Å². The lowest BCUT2D eigenvalue weighted by Gasteiger charge is -2.64. The van der Waals surface area contributed by atoms with Gasteiger partial charge in [-0.25, -0.2) is 0 Å². The highest BCUT2D eigenvalue weighted by molar-refractivity contribution is 6.35. The first kappa shape index (κ1) is 29.8. The maximum atomic E-state index is 15.2. The van der Waals surface area contributed by atoms with Crippen molar-refractivity contribution >= 4 is 71.6 Å². The lowest BCUT2D eigenvalue weighted by atomic mass is 9.36. The quantitative estimate of drug-likeness (QED) is 0.155. The average molecular weight is 764 g/mol. The third-order valence-corrected chi connectivity index (χ3v) is 16.6. The number of carbonyl (C=O) groups excluding carboxylic acids is 2. The van der Waals surface area contributed by atoms with Crippen LogP contribution in [0.1, 0.15) is 100 Å². The Labute approximate surface area is 341 Å². The third-order valence-electron chi connectivity index (χ3n) is 16.6. The second kappa shape index (κ2) is 9.12. The SMILES string of the molecule is O=C1c2cc3c(cc2C2c4ccccc4C24c2ccccc2C14)c1cc2oc4ccccc4c2c2c4cc5c(cc4n3c12)C(=O)C1c2ccccc2C12c1ccccc1C52. The minimum absolute atomic E-state index is 0.0831. The summed E-state index contributed by atoms with van der Waals surface area (Å²) in [4.78, 5) is 30.4. The predicted molar refractivity (Wildman–Crippen MR) is 234 cm³/mol. The van der Waals surface area contributed by atoms with Crippen molar-refractivity contribution in [3.63, 3.8) is 0 Å². The fraction of sp³-hybridized carbons (Fsp3) is 0.107. The van der Waals surface area contributed by atoms with E-state index in [-0.39, 0.29) is 46.1 Å². The molecule has 6 unspecified atom stereocenters. The molecule has 6 aliphatic rings. The molecule has 0 bridgehead atoms. The van der Waals surface area contributed by atoms with Crippen LogP contribution < -0.4 is 0 Å². The Hall–Kier alpha value is -7.30. The zero-order valence-electron chi connectivity index (χ0n) is 31.9. The standard InChI is InChI=1S/C56H29NO3/c58-53-35-23-42-31(21-32(35)48-26-11-1-6-16-38(26)55(48)40-18-8-3-13-28(40)50(53)55)34-25-45-46(30-15-5-10-20-44(30)60-45)47-37-22-33-36(24-43(37)57(42)52(34)47)54(59)51-29-14-4-9-19-41(29)56(51)39-17-7-2-12-27(39)49(33)56/h1-25,48-51H. The maximum absolute atomic E-state index is 15.2. The van der Waals surface area contributed by atoms with E-state index in [1.807, 2.05) is 6.07 Å². The second-order valence-electron chi connectivity index (χ2n) is 18.4. The number of fused-ring (bicyclic) bond motifs is 22. The Morgan fingerprint density at radius 1 is 0.400 bits per heavy atom. The van der Waals surface area contributed by atoms with E-state index < -0.39 is 0 Å². The van der Waals surface area contributed by atoms with Crippen LogP contribution in [-0.2, 0) is 10.8 Å². The molecular weight excluding hydrogens is 735 g/mol. The number of Topliss-reactive ketones (excluding diaryl/α,β-unsaturated/α-hetero) is 2. The van der Waals surface area contributed by atoms with E-state index in [9.17, 15) is 0 Å². The molecule has 0 saturated carbocycles. The van der Waals surface area contributed by atoms with E-state index >= 15 is 9.59 Å². The van der Waals surface area contributed by atoms with Crippen molar-refractivity contribution in [3.8, 4) is 0 Å². The Bertz CT molecular complexity index is 3990. The molecule has 6 aliphatic carbocycles. The number of para-hydroxylation sites is 1. The number of benzene rings is 8. The first-order valence-electron chi connectivity index (χ1n) is 21.2. The molecule has 2 spiro atoms. The molecule has 11 aromatic rings. The first-order valence-corrected chi connectivity index (χ1v) is 21.2.